The molecule has 0 saturated carbocycles. The standard InChI is InChI=1S/C18H19FN2O3/c1-20-11-15(16(22)10-17(20)23)18(24)21-8-6-13(7-9-21)12-2-4-14(19)5-3-12/h2-5,10-11,13,22H,6-9H2,1H3. The lowest BCUT2D eigenvalue weighted by molar-refractivity contribution is 0.0709. The quantitative estimate of drug-likeness (QED) is 0.919. The van der Waals surface area contributed by atoms with Crippen LogP contribution < -0.4 is 5.56 Å². The van der Waals surface area contributed by atoms with Crippen molar-refractivity contribution < 1.29 is 14.3 Å². The van der Waals surface area contributed by atoms with E-state index in [1.165, 1.54) is 22.9 Å². The number of hydrogen-bond donors (Lipinski definition) is 1. The van der Waals surface area contributed by atoms with Crippen molar-refractivity contribution in [3.8, 4) is 5.75 Å². The van der Waals surface area contributed by atoms with Crippen LogP contribution in [0.3, 0.4) is 0 Å². The number of piperidine rings is 1. The van der Waals surface area contributed by atoms with E-state index < -0.39 is 0 Å². The second kappa shape index (κ2) is 6.47. The van der Waals surface area contributed by atoms with Crippen LogP contribution in [0.15, 0.2) is 41.3 Å². The molecule has 1 fully saturated rings. The molecule has 1 aliphatic rings. The zero-order valence-electron chi connectivity index (χ0n) is 13.4. The van der Waals surface area contributed by atoms with Crippen molar-refractivity contribution in [3.63, 3.8) is 0 Å². The molecule has 0 radical (unpaired) electrons. The predicted octanol–water partition coefficient (Wildman–Crippen LogP) is 2.25. The zero-order valence-corrected chi connectivity index (χ0v) is 13.4. The monoisotopic (exact) mass is 330 g/mol. The van der Waals surface area contributed by atoms with Crippen LogP contribution in [0.4, 0.5) is 4.39 Å². The first-order valence-electron chi connectivity index (χ1n) is 7.90. The van der Waals surface area contributed by atoms with E-state index in [1.807, 2.05) is 0 Å². The third-order valence-electron chi connectivity index (χ3n) is 4.56. The number of aromatic nitrogens is 1. The molecule has 1 aromatic heterocycles. The van der Waals surface area contributed by atoms with E-state index >= 15 is 0 Å². The third-order valence-corrected chi connectivity index (χ3v) is 4.56. The molecule has 0 aliphatic carbocycles. The van der Waals surface area contributed by atoms with Crippen molar-refractivity contribution in [2.24, 2.45) is 7.05 Å². The SMILES string of the molecule is Cn1cc(C(=O)N2CCC(c3ccc(F)cc3)CC2)c(O)cc1=O. The molecule has 5 nitrogen and oxygen atoms in total. The summed E-state index contributed by atoms with van der Waals surface area (Å²) in [6.45, 7) is 1.12. The maximum atomic E-state index is 13.0. The molecule has 1 amide bonds. The number of halogens is 1. The van der Waals surface area contributed by atoms with E-state index in [2.05, 4.69) is 0 Å². The summed E-state index contributed by atoms with van der Waals surface area (Å²) in [5, 5.41) is 9.88. The minimum absolute atomic E-state index is 0.136. The van der Waals surface area contributed by atoms with Gasteiger partial charge in [-0.15, -0.1) is 0 Å². The first-order valence-corrected chi connectivity index (χ1v) is 7.90. The van der Waals surface area contributed by atoms with Gasteiger partial charge in [-0.25, -0.2) is 4.39 Å². The average molecular weight is 330 g/mol. The fraction of sp³-hybridized carbons (Fsp3) is 0.333. The van der Waals surface area contributed by atoms with Gasteiger partial charge < -0.3 is 14.6 Å². The van der Waals surface area contributed by atoms with Crippen LogP contribution in [0.5, 0.6) is 5.75 Å². The number of pyridine rings is 1. The zero-order chi connectivity index (χ0) is 17.3. The van der Waals surface area contributed by atoms with Crippen molar-refractivity contribution >= 4 is 5.91 Å². The first-order chi connectivity index (χ1) is 11.5. The van der Waals surface area contributed by atoms with Crippen LogP contribution >= 0.6 is 0 Å². The van der Waals surface area contributed by atoms with Crippen LogP contribution in [-0.4, -0.2) is 33.6 Å². The second-order valence-corrected chi connectivity index (χ2v) is 6.14. The highest BCUT2D eigenvalue weighted by Crippen LogP contribution is 2.29. The Hall–Kier alpha value is -2.63. The molecule has 1 N–H and O–H groups in total. The second-order valence-electron chi connectivity index (χ2n) is 6.14. The largest absolute Gasteiger partial charge is 0.507 e. The lowest BCUT2D eigenvalue weighted by Gasteiger charge is -2.32. The number of hydrogen-bond acceptors (Lipinski definition) is 3. The van der Waals surface area contributed by atoms with E-state index in [0.29, 0.717) is 19.0 Å². The highest BCUT2D eigenvalue weighted by molar-refractivity contribution is 5.96. The Morgan fingerprint density at radius 2 is 1.83 bits per heavy atom. The summed E-state index contributed by atoms with van der Waals surface area (Å²) < 4.78 is 14.3. The van der Waals surface area contributed by atoms with Crippen molar-refractivity contribution in [3.05, 3.63) is 63.8 Å². The molecule has 0 unspecified atom stereocenters. The molecule has 126 valence electrons. The van der Waals surface area contributed by atoms with Crippen LogP contribution in [0.2, 0.25) is 0 Å². The van der Waals surface area contributed by atoms with Crippen molar-refractivity contribution in [1.82, 2.24) is 9.47 Å². The van der Waals surface area contributed by atoms with Crippen LogP contribution in [0.25, 0.3) is 0 Å². The number of carbonyl (C=O) groups excluding carboxylic acids is 1. The van der Waals surface area contributed by atoms with Gasteiger partial charge in [0, 0.05) is 32.4 Å². The van der Waals surface area contributed by atoms with E-state index in [4.69, 9.17) is 0 Å². The lowest BCUT2D eigenvalue weighted by Crippen LogP contribution is -2.38. The maximum absolute atomic E-state index is 13.0. The lowest BCUT2D eigenvalue weighted by atomic mass is 9.89. The summed E-state index contributed by atoms with van der Waals surface area (Å²) in [7, 11) is 1.54. The predicted molar refractivity (Wildman–Crippen MR) is 87.6 cm³/mol. The summed E-state index contributed by atoms with van der Waals surface area (Å²) in [6.07, 6.45) is 2.93. The first kappa shape index (κ1) is 16.2. The van der Waals surface area contributed by atoms with Crippen molar-refractivity contribution in [2.45, 2.75) is 18.8 Å². The topological polar surface area (TPSA) is 62.5 Å². The van der Waals surface area contributed by atoms with Gasteiger partial charge in [-0.3, -0.25) is 9.59 Å². The number of aryl methyl sites for hydroxylation is 1. The summed E-state index contributed by atoms with van der Waals surface area (Å²) in [5.74, 6) is -0.524. The number of nitrogens with zero attached hydrogens (tertiary/aromatic N) is 2. The molecule has 0 spiro atoms. The number of aromatic hydroxyl groups is 1. The summed E-state index contributed by atoms with van der Waals surface area (Å²) in [6, 6.07) is 7.54. The molecule has 0 bridgehead atoms. The molecule has 2 heterocycles. The Balaban J connectivity index is 1.70. The molecule has 3 rings (SSSR count). The van der Waals surface area contributed by atoms with E-state index in [0.717, 1.165) is 24.5 Å². The molecule has 2 aromatic rings. The van der Waals surface area contributed by atoms with Crippen LogP contribution in [-0.2, 0) is 7.05 Å². The molecular weight excluding hydrogens is 311 g/mol. The minimum Gasteiger partial charge on any atom is -0.507 e. The number of benzene rings is 1. The molecule has 6 heteroatoms. The van der Waals surface area contributed by atoms with Gasteiger partial charge in [0.2, 0.25) is 0 Å². The average Bonchev–Trinajstić information content (AvgIpc) is 2.58. The van der Waals surface area contributed by atoms with Crippen LogP contribution in [0.1, 0.15) is 34.7 Å². The molecular formula is C18H19FN2O3. The smallest absolute Gasteiger partial charge is 0.259 e. The van der Waals surface area contributed by atoms with Crippen LogP contribution in [0, 0.1) is 5.82 Å². The van der Waals surface area contributed by atoms with Gasteiger partial charge in [0.15, 0.2) is 0 Å². The van der Waals surface area contributed by atoms with Gasteiger partial charge >= 0.3 is 0 Å². The number of likely N-dealkylation sites (tertiary alicyclic amines) is 1. The Labute approximate surface area is 139 Å². The van der Waals surface area contributed by atoms with Gasteiger partial charge in [-0.2, -0.15) is 0 Å². The van der Waals surface area contributed by atoms with Crippen molar-refractivity contribution in [1.29, 1.82) is 0 Å². The Bertz CT molecular complexity index is 806. The maximum Gasteiger partial charge on any atom is 0.259 e. The highest BCUT2D eigenvalue weighted by atomic mass is 19.1. The third kappa shape index (κ3) is 3.18. The Kier molecular flexibility index (Phi) is 4.38. The minimum atomic E-state index is -0.362. The van der Waals surface area contributed by atoms with E-state index in [9.17, 15) is 19.1 Å². The molecule has 24 heavy (non-hydrogen) atoms. The summed E-state index contributed by atoms with van der Waals surface area (Å²) in [4.78, 5) is 25.7. The van der Waals surface area contributed by atoms with Gasteiger partial charge in [-0.1, -0.05) is 12.1 Å². The van der Waals surface area contributed by atoms with E-state index in [-0.39, 0.29) is 28.6 Å². The highest BCUT2D eigenvalue weighted by Gasteiger charge is 2.26. The van der Waals surface area contributed by atoms with Gasteiger partial charge in [-0.05, 0) is 36.5 Å². The normalized spacial score (nSPS) is 15.5. The fourth-order valence-electron chi connectivity index (χ4n) is 3.11. The Morgan fingerprint density at radius 3 is 2.46 bits per heavy atom. The fourth-order valence-corrected chi connectivity index (χ4v) is 3.11. The van der Waals surface area contributed by atoms with E-state index in [1.54, 1.807) is 24.1 Å². The Morgan fingerprint density at radius 1 is 1.21 bits per heavy atom. The number of amides is 1. The molecule has 1 aromatic carbocycles. The van der Waals surface area contributed by atoms with Gasteiger partial charge in [0.25, 0.3) is 11.5 Å². The number of carbonyl (C=O) groups is 1. The summed E-state index contributed by atoms with van der Waals surface area (Å²) >= 11 is 0. The molecule has 1 aliphatic heterocycles. The van der Waals surface area contributed by atoms with Gasteiger partial charge in [0.05, 0.1) is 5.56 Å². The summed E-state index contributed by atoms with van der Waals surface area (Å²) in [5.41, 5.74) is 0.852. The molecule has 1 saturated heterocycles. The van der Waals surface area contributed by atoms with Gasteiger partial charge in [0.1, 0.15) is 11.6 Å². The number of rotatable bonds is 2. The molecule has 0 atom stereocenters. The van der Waals surface area contributed by atoms with Crippen molar-refractivity contribution in [2.75, 3.05) is 13.1 Å².